The molecule has 2 aromatic rings. The van der Waals surface area contributed by atoms with Crippen LogP contribution < -0.4 is 11.1 Å². The summed E-state index contributed by atoms with van der Waals surface area (Å²) in [5.41, 5.74) is 6.81. The van der Waals surface area contributed by atoms with E-state index in [2.05, 4.69) is 34.7 Å². The van der Waals surface area contributed by atoms with Gasteiger partial charge in [-0.15, -0.1) is 17.5 Å². The molecule has 3 N–H and O–H groups in total. The molecule has 1 unspecified atom stereocenters. The van der Waals surface area contributed by atoms with Crippen LogP contribution in [0.1, 0.15) is 37.6 Å². The fourth-order valence-electron chi connectivity index (χ4n) is 2.48. The van der Waals surface area contributed by atoms with Crippen molar-refractivity contribution in [2.45, 2.75) is 32.7 Å². The fraction of sp³-hybridized carbons (Fsp3) is 0.467. The second kappa shape index (κ2) is 8.03. The molecule has 1 aromatic carbocycles. The summed E-state index contributed by atoms with van der Waals surface area (Å²) in [6.07, 6.45) is 2.33. The molecule has 7 nitrogen and oxygen atoms in total. The van der Waals surface area contributed by atoms with Crippen molar-refractivity contribution in [2.24, 2.45) is 11.7 Å². The smallest absolute Gasteiger partial charge is 0.251 e. The van der Waals surface area contributed by atoms with Crippen LogP contribution in [0.15, 0.2) is 30.6 Å². The highest BCUT2D eigenvalue weighted by atomic mass is 35.5. The van der Waals surface area contributed by atoms with Crippen LogP contribution in [0, 0.1) is 5.92 Å². The van der Waals surface area contributed by atoms with Crippen LogP contribution in [-0.2, 0) is 0 Å². The van der Waals surface area contributed by atoms with Crippen LogP contribution in [0.4, 0.5) is 0 Å². The van der Waals surface area contributed by atoms with Gasteiger partial charge >= 0.3 is 0 Å². The first kappa shape index (κ1) is 19.1. The van der Waals surface area contributed by atoms with Gasteiger partial charge in [-0.1, -0.05) is 13.8 Å². The van der Waals surface area contributed by atoms with Gasteiger partial charge in [0, 0.05) is 17.6 Å². The summed E-state index contributed by atoms with van der Waals surface area (Å²) in [5, 5.41) is 14.0. The Labute approximate surface area is 142 Å². The molecular formula is C15H23ClN6O. The maximum atomic E-state index is 12.4. The largest absolute Gasteiger partial charge is 0.346 e. The summed E-state index contributed by atoms with van der Waals surface area (Å²) >= 11 is 0. The summed E-state index contributed by atoms with van der Waals surface area (Å²) in [6, 6.07) is 7.10. The number of benzene rings is 1. The van der Waals surface area contributed by atoms with Gasteiger partial charge in [-0.05, 0) is 54.0 Å². The zero-order valence-electron chi connectivity index (χ0n) is 13.6. The number of aromatic nitrogens is 4. The first-order valence-electron chi connectivity index (χ1n) is 7.29. The van der Waals surface area contributed by atoms with Crippen LogP contribution in [0.25, 0.3) is 5.69 Å². The molecular weight excluding hydrogens is 316 g/mol. The number of nitrogens with zero attached hydrogens (tertiary/aromatic N) is 4. The molecule has 0 saturated carbocycles. The third-order valence-corrected chi connectivity index (χ3v) is 3.47. The van der Waals surface area contributed by atoms with E-state index in [1.54, 1.807) is 24.3 Å². The third-order valence-electron chi connectivity index (χ3n) is 3.47. The number of amides is 1. The summed E-state index contributed by atoms with van der Waals surface area (Å²) in [6.45, 7) is 6.60. The van der Waals surface area contributed by atoms with E-state index in [0.29, 0.717) is 18.0 Å². The number of rotatable bonds is 6. The molecule has 0 fully saturated rings. The molecule has 8 heteroatoms. The highest BCUT2D eigenvalue weighted by Crippen LogP contribution is 2.16. The zero-order valence-corrected chi connectivity index (χ0v) is 14.4. The van der Waals surface area contributed by atoms with Gasteiger partial charge in [-0.3, -0.25) is 4.79 Å². The topological polar surface area (TPSA) is 98.7 Å². The van der Waals surface area contributed by atoms with E-state index >= 15 is 0 Å². The van der Waals surface area contributed by atoms with Crippen LogP contribution in [-0.4, -0.2) is 38.2 Å². The Morgan fingerprint density at radius 1 is 1.35 bits per heavy atom. The number of nitrogens with two attached hydrogens (primary N) is 1. The van der Waals surface area contributed by atoms with E-state index in [9.17, 15) is 4.79 Å². The molecule has 126 valence electrons. The van der Waals surface area contributed by atoms with Gasteiger partial charge in [0.25, 0.3) is 5.91 Å². The van der Waals surface area contributed by atoms with Crippen molar-refractivity contribution >= 4 is 18.3 Å². The van der Waals surface area contributed by atoms with Crippen molar-refractivity contribution in [2.75, 3.05) is 6.54 Å². The van der Waals surface area contributed by atoms with Crippen molar-refractivity contribution in [3.05, 3.63) is 36.2 Å². The second-order valence-electron chi connectivity index (χ2n) is 6.12. The van der Waals surface area contributed by atoms with Crippen LogP contribution in [0.3, 0.4) is 0 Å². The van der Waals surface area contributed by atoms with Crippen LogP contribution >= 0.6 is 12.4 Å². The number of nitrogens with one attached hydrogen (secondary N) is 1. The minimum Gasteiger partial charge on any atom is -0.346 e. The monoisotopic (exact) mass is 338 g/mol. The molecule has 1 atom stereocenters. The van der Waals surface area contributed by atoms with Gasteiger partial charge in [-0.25, -0.2) is 4.68 Å². The first-order chi connectivity index (χ1) is 10.4. The average Bonchev–Trinajstić information content (AvgIpc) is 3.00. The van der Waals surface area contributed by atoms with Gasteiger partial charge in [0.1, 0.15) is 6.33 Å². The lowest BCUT2D eigenvalue weighted by Gasteiger charge is -2.31. The fourth-order valence-corrected chi connectivity index (χ4v) is 2.48. The van der Waals surface area contributed by atoms with Crippen LogP contribution in [0.5, 0.6) is 0 Å². The van der Waals surface area contributed by atoms with Crippen molar-refractivity contribution in [1.29, 1.82) is 0 Å². The second-order valence-corrected chi connectivity index (χ2v) is 6.12. The van der Waals surface area contributed by atoms with E-state index < -0.39 is 5.54 Å². The molecule has 23 heavy (non-hydrogen) atoms. The van der Waals surface area contributed by atoms with Gasteiger partial charge in [-0.2, -0.15) is 0 Å². The number of hydrogen-bond acceptors (Lipinski definition) is 5. The molecule has 0 aliphatic rings. The summed E-state index contributed by atoms with van der Waals surface area (Å²) in [7, 11) is 0. The Bertz CT molecular complexity index is 613. The van der Waals surface area contributed by atoms with Crippen molar-refractivity contribution in [3.63, 3.8) is 0 Å². The van der Waals surface area contributed by atoms with Gasteiger partial charge in [0.15, 0.2) is 0 Å². The predicted octanol–water partition coefficient (Wildman–Crippen LogP) is 1.58. The Balaban J connectivity index is 0.00000264. The number of halogens is 1. The number of tetrazole rings is 1. The predicted molar refractivity (Wildman–Crippen MR) is 90.8 cm³/mol. The minimum atomic E-state index is -0.403. The lowest BCUT2D eigenvalue weighted by Crippen LogP contribution is -2.52. The zero-order chi connectivity index (χ0) is 16.2. The molecule has 1 heterocycles. The molecule has 0 bridgehead atoms. The van der Waals surface area contributed by atoms with E-state index in [4.69, 9.17) is 5.73 Å². The highest BCUT2D eigenvalue weighted by molar-refractivity contribution is 5.94. The normalized spacial score (nSPS) is 13.3. The Morgan fingerprint density at radius 2 is 2.00 bits per heavy atom. The highest BCUT2D eigenvalue weighted by Gasteiger charge is 2.26. The SMILES string of the molecule is CC(C)CC(C)(CN)NC(=O)c1ccc(-n2cnnn2)cc1.Cl. The molecule has 0 aliphatic heterocycles. The quantitative estimate of drug-likeness (QED) is 0.833. The minimum absolute atomic E-state index is 0. The number of carbonyl (C=O) groups is 1. The summed E-state index contributed by atoms with van der Waals surface area (Å²) in [5.74, 6) is 0.327. The van der Waals surface area contributed by atoms with E-state index in [-0.39, 0.29) is 18.3 Å². The maximum absolute atomic E-state index is 12.4. The van der Waals surface area contributed by atoms with E-state index in [0.717, 1.165) is 12.1 Å². The molecule has 0 saturated heterocycles. The summed E-state index contributed by atoms with van der Waals surface area (Å²) < 4.78 is 1.53. The van der Waals surface area contributed by atoms with Gasteiger partial charge in [0.05, 0.1) is 5.69 Å². The molecule has 1 aromatic heterocycles. The molecule has 0 radical (unpaired) electrons. The Kier molecular flexibility index (Phi) is 6.65. The molecule has 0 spiro atoms. The molecule has 1 amide bonds. The first-order valence-corrected chi connectivity index (χ1v) is 7.29. The molecule has 0 aliphatic carbocycles. The lowest BCUT2D eigenvalue weighted by molar-refractivity contribution is 0.0898. The third kappa shape index (κ3) is 5.01. The Hall–Kier alpha value is -1.99. The lowest BCUT2D eigenvalue weighted by atomic mass is 9.90. The van der Waals surface area contributed by atoms with E-state index in [1.807, 2.05) is 6.92 Å². The average molecular weight is 339 g/mol. The maximum Gasteiger partial charge on any atom is 0.251 e. The van der Waals surface area contributed by atoms with Crippen molar-refractivity contribution in [3.8, 4) is 5.69 Å². The molecule has 2 rings (SSSR count). The standard InChI is InChI=1S/C15H22N6O.ClH/c1-11(2)8-15(3,9-16)18-14(22)12-4-6-13(7-5-12)21-10-17-19-20-21;/h4-7,10-11H,8-9,16H2,1-3H3,(H,18,22);1H. The number of carbonyl (C=O) groups excluding carboxylic acids is 1. The van der Waals surface area contributed by atoms with E-state index in [1.165, 1.54) is 11.0 Å². The van der Waals surface area contributed by atoms with Gasteiger partial charge in [0.2, 0.25) is 0 Å². The van der Waals surface area contributed by atoms with Crippen molar-refractivity contribution < 1.29 is 4.79 Å². The Morgan fingerprint density at radius 3 is 2.48 bits per heavy atom. The summed E-state index contributed by atoms with van der Waals surface area (Å²) in [4.78, 5) is 12.4. The van der Waals surface area contributed by atoms with Gasteiger partial charge < -0.3 is 11.1 Å². The van der Waals surface area contributed by atoms with Crippen molar-refractivity contribution in [1.82, 2.24) is 25.5 Å². The van der Waals surface area contributed by atoms with Crippen LogP contribution in [0.2, 0.25) is 0 Å². The number of hydrogen-bond donors (Lipinski definition) is 2.